The van der Waals surface area contributed by atoms with Crippen molar-refractivity contribution in [2.75, 3.05) is 10.6 Å². The van der Waals surface area contributed by atoms with Crippen LogP contribution in [0, 0.1) is 17.0 Å². The summed E-state index contributed by atoms with van der Waals surface area (Å²) in [6, 6.07) is 9.41. The van der Waals surface area contributed by atoms with E-state index in [9.17, 15) is 10.1 Å². The van der Waals surface area contributed by atoms with Gasteiger partial charge in [0.1, 0.15) is 6.33 Å². The molecule has 0 aliphatic rings. The standard InChI is InChI=1S/C17H18N6O2/c1-10(2)20-16-15(23(24)25)17(19-9-18-16)22-14-6-4-5-13-12(14)8-7-11(3)21-13/h4-10H,1-3H3,(H2,18,19,20,22). The lowest BCUT2D eigenvalue weighted by molar-refractivity contribution is -0.383. The molecule has 0 saturated heterocycles. The lowest BCUT2D eigenvalue weighted by atomic mass is 10.1. The molecule has 25 heavy (non-hydrogen) atoms. The van der Waals surface area contributed by atoms with Crippen molar-refractivity contribution in [2.45, 2.75) is 26.8 Å². The maximum atomic E-state index is 11.6. The average Bonchev–Trinajstić information content (AvgIpc) is 2.54. The van der Waals surface area contributed by atoms with Crippen molar-refractivity contribution in [3.63, 3.8) is 0 Å². The van der Waals surface area contributed by atoms with Gasteiger partial charge in [0.2, 0.25) is 11.6 Å². The van der Waals surface area contributed by atoms with Gasteiger partial charge in [-0.3, -0.25) is 15.1 Å². The van der Waals surface area contributed by atoms with Gasteiger partial charge in [0.15, 0.2) is 0 Å². The number of nitrogens with zero attached hydrogens (tertiary/aromatic N) is 4. The van der Waals surface area contributed by atoms with E-state index in [0.717, 1.165) is 16.6 Å². The Morgan fingerprint density at radius 1 is 1.12 bits per heavy atom. The third kappa shape index (κ3) is 3.47. The van der Waals surface area contributed by atoms with Crippen molar-refractivity contribution in [3.8, 4) is 0 Å². The number of hydrogen-bond donors (Lipinski definition) is 2. The molecule has 0 radical (unpaired) electrons. The molecule has 0 saturated carbocycles. The van der Waals surface area contributed by atoms with Crippen LogP contribution in [0.1, 0.15) is 19.5 Å². The predicted octanol–water partition coefficient (Wildman–Crippen LogP) is 3.81. The first-order valence-electron chi connectivity index (χ1n) is 7.85. The van der Waals surface area contributed by atoms with Crippen LogP contribution >= 0.6 is 0 Å². The van der Waals surface area contributed by atoms with Crippen molar-refractivity contribution in [1.82, 2.24) is 15.0 Å². The number of nitro groups is 1. The summed E-state index contributed by atoms with van der Waals surface area (Å²) in [5.74, 6) is 0.322. The SMILES string of the molecule is Cc1ccc2c(Nc3ncnc(NC(C)C)c3[N+](=O)[O-])cccc2n1. The molecule has 3 rings (SSSR count). The molecule has 128 valence electrons. The smallest absolute Gasteiger partial charge is 0.353 e. The second-order valence-electron chi connectivity index (χ2n) is 5.93. The summed E-state index contributed by atoms with van der Waals surface area (Å²) in [5.41, 5.74) is 2.22. The molecule has 2 N–H and O–H groups in total. The molecule has 3 aromatic rings. The quantitative estimate of drug-likeness (QED) is 0.538. The number of rotatable bonds is 5. The van der Waals surface area contributed by atoms with Crippen molar-refractivity contribution in [1.29, 1.82) is 0 Å². The molecule has 0 amide bonds. The summed E-state index contributed by atoms with van der Waals surface area (Å²) in [7, 11) is 0. The van der Waals surface area contributed by atoms with Gasteiger partial charge >= 0.3 is 5.69 Å². The Hall–Kier alpha value is -3.29. The minimum absolute atomic E-state index is 0.00572. The lowest BCUT2D eigenvalue weighted by Gasteiger charge is -2.13. The highest BCUT2D eigenvalue weighted by Gasteiger charge is 2.24. The Bertz CT molecular complexity index is 942. The van der Waals surface area contributed by atoms with E-state index in [1.807, 2.05) is 51.1 Å². The zero-order chi connectivity index (χ0) is 18.0. The Labute approximate surface area is 144 Å². The van der Waals surface area contributed by atoms with E-state index >= 15 is 0 Å². The van der Waals surface area contributed by atoms with Crippen LogP contribution in [0.15, 0.2) is 36.7 Å². The molecular formula is C17H18N6O2. The van der Waals surface area contributed by atoms with E-state index in [-0.39, 0.29) is 23.4 Å². The molecular weight excluding hydrogens is 320 g/mol. The Morgan fingerprint density at radius 2 is 1.88 bits per heavy atom. The summed E-state index contributed by atoms with van der Waals surface area (Å²) in [6.45, 7) is 5.69. The second kappa shape index (κ2) is 6.68. The number of fused-ring (bicyclic) bond motifs is 1. The van der Waals surface area contributed by atoms with Gasteiger partial charge in [0.05, 0.1) is 10.4 Å². The number of aromatic nitrogens is 3. The largest absolute Gasteiger partial charge is 0.362 e. The van der Waals surface area contributed by atoms with E-state index in [1.165, 1.54) is 6.33 Å². The number of hydrogen-bond acceptors (Lipinski definition) is 7. The highest BCUT2D eigenvalue weighted by atomic mass is 16.6. The van der Waals surface area contributed by atoms with Gasteiger partial charge in [0, 0.05) is 22.8 Å². The number of benzene rings is 1. The van der Waals surface area contributed by atoms with Gasteiger partial charge in [-0.1, -0.05) is 6.07 Å². The van der Waals surface area contributed by atoms with Crippen LogP contribution in [0.4, 0.5) is 23.0 Å². The summed E-state index contributed by atoms with van der Waals surface area (Å²) >= 11 is 0. The molecule has 0 bridgehead atoms. The van der Waals surface area contributed by atoms with Crippen molar-refractivity contribution >= 4 is 33.9 Å². The van der Waals surface area contributed by atoms with Gasteiger partial charge < -0.3 is 10.6 Å². The molecule has 2 heterocycles. The molecule has 0 aliphatic heterocycles. The second-order valence-corrected chi connectivity index (χ2v) is 5.93. The van der Waals surface area contributed by atoms with Crippen LogP contribution in [0.3, 0.4) is 0 Å². The highest BCUT2D eigenvalue weighted by Crippen LogP contribution is 2.33. The summed E-state index contributed by atoms with van der Waals surface area (Å²) in [4.78, 5) is 23.6. The Balaban J connectivity index is 2.08. The minimum Gasteiger partial charge on any atom is -0.362 e. The molecule has 0 aliphatic carbocycles. The average molecular weight is 338 g/mol. The van der Waals surface area contributed by atoms with Crippen molar-refractivity contribution in [3.05, 3.63) is 52.5 Å². The molecule has 8 heteroatoms. The fourth-order valence-electron chi connectivity index (χ4n) is 2.52. The van der Waals surface area contributed by atoms with Gasteiger partial charge in [-0.05, 0) is 45.0 Å². The van der Waals surface area contributed by atoms with Gasteiger partial charge in [-0.15, -0.1) is 0 Å². The summed E-state index contributed by atoms with van der Waals surface area (Å²) in [5, 5.41) is 18.5. The molecule has 0 fully saturated rings. The topological polar surface area (TPSA) is 106 Å². The third-order valence-electron chi connectivity index (χ3n) is 3.55. The highest BCUT2D eigenvalue weighted by molar-refractivity contribution is 5.94. The van der Waals surface area contributed by atoms with Crippen molar-refractivity contribution in [2.24, 2.45) is 0 Å². The zero-order valence-corrected chi connectivity index (χ0v) is 14.1. The first-order valence-corrected chi connectivity index (χ1v) is 7.85. The molecule has 2 aromatic heterocycles. The van der Waals surface area contributed by atoms with Crippen LogP contribution in [0.2, 0.25) is 0 Å². The fourth-order valence-corrected chi connectivity index (χ4v) is 2.52. The molecule has 0 spiro atoms. The van der Waals surface area contributed by atoms with Crippen LogP contribution in [-0.4, -0.2) is 25.9 Å². The summed E-state index contributed by atoms with van der Waals surface area (Å²) < 4.78 is 0. The first-order chi connectivity index (χ1) is 12.0. The number of pyridine rings is 1. The fraction of sp³-hybridized carbons (Fsp3) is 0.235. The monoisotopic (exact) mass is 338 g/mol. The molecule has 0 atom stereocenters. The number of nitrogens with one attached hydrogen (secondary N) is 2. The van der Waals surface area contributed by atoms with Gasteiger partial charge in [-0.2, -0.15) is 0 Å². The van der Waals surface area contributed by atoms with Crippen LogP contribution in [-0.2, 0) is 0 Å². The zero-order valence-electron chi connectivity index (χ0n) is 14.1. The van der Waals surface area contributed by atoms with E-state index in [0.29, 0.717) is 5.69 Å². The van der Waals surface area contributed by atoms with Crippen LogP contribution < -0.4 is 10.6 Å². The van der Waals surface area contributed by atoms with Crippen molar-refractivity contribution < 1.29 is 4.92 Å². The van der Waals surface area contributed by atoms with E-state index < -0.39 is 4.92 Å². The van der Waals surface area contributed by atoms with E-state index in [4.69, 9.17) is 0 Å². The molecule has 0 unspecified atom stereocenters. The minimum atomic E-state index is -0.486. The Morgan fingerprint density at radius 3 is 2.60 bits per heavy atom. The normalized spacial score (nSPS) is 10.9. The molecule has 8 nitrogen and oxygen atoms in total. The predicted molar refractivity (Wildman–Crippen MR) is 97.2 cm³/mol. The lowest BCUT2D eigenvalue weighted by Crippen LogP contribution is -2.14. The molecule has 1 aromatic carbocycles. The van der Waals surface area contributed by atoms with Gasteiger partial charge in [-0.25, -0.2) is 9.97 Å². The number of aryl methyl sites for hydroxylation is 1. The maximum Gasteiger partial charge on any atom is 0.353 e. The van der Waals surface area contributed by atoms with E-state index in [2.05, 4.69) is 25.6 Å². The first kappa shape index (κ1) is 16.6. The number of anilines is 3. The Kier molecular flexibility index (Phi) is 4.42. The summed E-state index contributed by atoms with van der Waals surface area (Å²) in [6.07, 6.45) is 1.30. The maximum absolute atomic E-state index is 11.6. The van der Waals surface area contributed by atoms with Crippen LogP contribution in [0.25, 0.3) is 10.9 Å². The van der Waals surface area contributed by atoms with Gasteiger partial charge in [0.25, 0.3) is 0 Å². The van der Waals surface area contributed by atoms with E-state index in [1.54, 1.807) is 0 Å². The van der Waals surface area contributed by atoms with Crippen LogP contribution in [0.5, 0.6) is 0 Å². The third-order valence-corrected chi connectivity index (χ3v) is 3.55.